The predicted octanol–water partition coefficient (Wildman–Crippen LogP) is 14.0. The van der Waals surface area contributed by atoms with E-state index in [2.05, 4.69) is 164 Å². The van der Waals surface area contributed by atoms with Gasteiger partial charge in [0.1, 0.15) is 11.4 Å². The van der Waals surface area contributed by atoms with Crippen LogP contribution in [-0.2, 0) is 5.41 Å². The number of fused-ring (bicyclic) bond motifs is 8. The van der Waals surface area contributed by atoms with Gasteiger partial charge in [-0.1, -0.05) is 129 Å². The highest BCUT2D eigenvalue weighted by molar-refractivity contribution is 6.17. The molecular weight excluding hydrogens is 638 g/mol. The molecule has 0 radical (unpaired) electrons. The summed E-state index contributed by atoms with van der Waals surface area (Å²) in [6.07, 6.45) is 0. The Morgan fingerprint density at radius 2 is 1.12 bits per heavy atom. The summed E-state index contributed by atoms with van der Waals surface area (Å²) in [7, 11) is 0. The molecule has 1 aromatic heterocycles. The Hall–Kier alpha value is -6.45. The number of hydrogen-bond acceptors (Lipinski definition) is 2. The van der Waals surface area contributed by atoms with Crippen molar-refractivity contribution in [1.82, 2.24) is 0 Å². The van der Waals surface area contributed by atoms with Gasteiger partial charge in [-0.3, -0.25) is 0 Å². The van der Waals surface area contributed by atoms with Crippen LogP contribution in [0.3, 0.4) is 0 Å². The molecular formula is C49H34FNO. The fourth-order valence-corrected chi connectivity index (χ4v) is 8.27. The SMILES string of the molecule is CC1(C)c2ccccc2-c2ccc(-c3cccc(N(c4ccc(-c5ccc(F)cc5)cc4)c4cccc5c4oc4c6ccccc6ccc54)c3)cc21. The van der Waals surface area contributed by atoms with Crippen LogP contribution in [0.15, 0.2) is 174 Å². The van der Waals surface area contributed by atoms with Crippen LogP contribution in [0.2, 0.25) is 0 Å². The van der Waals surface area contributed by atoms with Crippen LogP contribution in [-0.4, -0.2) is 0 Å². The Balaban J connectivity index is 1.15. The number of anilines is 3. The lowest BCUT2D eigenvalue weighted by molar-refractivity contribution is 0.628. The minimum Gasteiger partial charge on any atom is -0.453 e. The number of benzene rings is 8. The Morgan fingerprint density at radius 3 is 1.96 bits per heavy atom. The average molecular weight is 672 g/mol. The van der Waals surface area contributed by atoms with E-state index in [1.165, 1.54) is 39.9 Å². The van der Waals surface area contributed by atoms with E-state index >= 15 is 0 Å². The number of para-hydroxylation sites is 1. The first-order valence-corrected chi connectivity index (χ1v) is 17.8. The van der Waals surface area contributed by atoms with E-state index in [-0.39, 0.29) is 11.2 Å². The predicted molar refractivity (Wildman–Crippen MR) is 214 cm³/mol. The molecule has 248 valence electrons. The minimum absolute atomic E-state index is 0.0844. The average Bonchev–Trinajstić information content (AvgIpc) is 3.69. The number of nitrogens with zero attached hydrogens (tertiary/aromatic N) is 1. The lowest BCUT2D eigenvalue weighted by atomic mass is 9.81. The van der Waals surface area contributed by atoms with E-state index < -0.39 is 0 Å². The van der Waals surface area contributed by atoms with Crippen molar-refractivity contribution in [2.45, 2.75) is 19.3 Å². The van der Waals surface area contributed by atoms with Crippen molar-refractivity contribution in [2.75, 3.05) is 4.90 Å². The van der Waals surface area contributed by atoms with E-state index in [4.69, 9.17) is 4.42 Å². The lowest BCUT2D eigenvalue weighted by Gasteiger charge is -2.26. The van der Waals surface area contributed by atoms with Crippen molar-refractivity contribution in [3.8, 4) is 33.4 Å². The second-order valence-electron chi connectivity index (χ2n) is 14.3. The molecule has 0 atom stereocenters. The highest BCUT2D eigenvalue weighted by atomic mass is 19.1. The maximum absolute atomic E-state index is 13.7. The number of furan rings is 1. The van der Waals surface area contributed by atoms with Crippen LogP contribution in [0.4, 0.5) is 21.5 Å². The zero-order valence-electron chi connectivity index (χ0n) is 28.9. The van der Waals surface area contributed by atoms with Crippen molar-refractivity contribution in [3.05, 3.63) is 187 Å². The van der Waals surface area contributed by atoms with Crippen molar-refractivity contribution >= 4 is 49.8 Å². The molecule has 1 heterocycles. The van der Waals surface area contributed by atoms with Crippen LogP contribution in [0.25, 0.3) is 66.1 Å². The van der Waals surface area contributed by atoms with Crippen molar-refractivity contribution in [1.29, 1.82) is 0 Å². The summed E-state index contributed by atoms with van der Waals surface area (Å²) >= 11 is 0. The largest absolute Gasteiger partial charge is 0.453 e. The normalized spacial score (nSPS) is 13.1. The smallest absolute Gasteiger partial charge is 0.159 e. The number of rotatable bonds is 5. The van der Waals surface area contributed by atoms with Gasteiger partial charge in [0.25, 0.3) is 0 Å². The van der Waals surface area contributed by atoms with Gasteiger partial charge in [-0.05, 0) is 104 Å². The zero-order chi connectivity index (χ0) is 35.0. The van der Waals surface area contributed by atoms with Crippen LogP contribution in [0.1, 0.15) is 25.0 Å². The molecule has 0 N–H and O–H groups in total. The van der Waals surface area contributed by atoms with Gasteiger partial charge in [0.15, 0.2) is 5.58 Å². The Labute approximate surface area is 302 Å². The van der Waals surface area contributed by atoms with E-state index in [1.807, 2.05) is 12.1 Å². The first-order chi connectivity index (χ1) is 25.4. The monoisotopic (exact) mass is 671 g/mol. The topological polar surface area (TPSA) is 16.4 Å². The van der Waals surface area contributed by atoms with Gasteiger partial charge < -0.3 is 9.32 Å². The third kappa shape index (κ3) is 4.70. The molecule has 0 unspecified atom stereocenters. The molecule has 0 spiro atoms. The molecule has 0 fully saturated rings. The molecule has 52 heavy (non-hydrogen) atoms. The fourth-order valence-electron chi connectivity index (χ4n) is 8.27. The van der Waals surface area contributed by atoms with E-state index in [1.54, 1.807) is 0 Å². The molecule has 0 aliphatic heterocycles. The van der Waals surface area contributed by atoms with Gasteiger partial charge in [0.2, 0.25) is 0 Å². The van der Waals surface area contributed by atoms with Crippen molar-refractivity contribution < 1.29 is 8.81 Å². The maximum atomic E-state index is 13.7. The van der Waals surface area contributed by atoms with Crippen molar-refractivity contribution in [2.24, 2.45) is 0 Å². The van der Waals surface area contributed by atoms with E-state index in [9.17, 15) is 4.39 Å². The quantitative estimate of drug-likeness (QED) is 0.181. The van der Waals surface area contributed by atoms with Gasteiger partial charge in [-0.15, -0.1) is 0 Å². The van der Waals surface area contributed by atoms with Gasteiger partial charge in [-0.25, -0.2) is 4.39 Å². The Morgan fingerprint density at radius 1 is 0.462 bits per heavy atom. The van der Waals surface area contributed by atoms with Crippen LogP contribution in [0.5, 0.6) is 0 Å². The first-order valence-electron chi connectivity index (χ1n) is 17.8. The summed E-state index contributed by atoms with van der Waals surface area (Å²) in [5.74, 6) is -0.241. The molecule has 2 nitrogen and oxygen atoms in total. The van der Waals surface area contributed by atoms with Gasteiger partial charge in [0, 0.05) is 32.9 Å². The second kappa shape index (κ2) is 11.5. The number of hydrogen-bond donors (Lipinski definition) is 0. The maximum Gasteiger partial charge on any atom is 0.159 e. The summed E-state index contributed by atoms with van der Waals surface area (Å²) in [4.78, 5) is 2.29. The number of halogens is 1. The lowest BCUT2D eigenvalue weighted by Crippen LogP contribution is -2.14. The molecule has 0 saturated carbocycles. The molecule has 1 aliphatic rings. The van der Waals surface area contributed by atoms with Gasteiger partial charge >= 0.3 is 0 Å². The Bertz CT molecular complexity index is 2830. The summed E-state index contributed by atoms with van der Waals surface area (Å²) in [6.45, 7) is 4.65. The van der Waals surface area contributed by atoms with E-state index in [0.29, 0.717) is 0 Å². The molecule has 8 aromatic carbocycles. The summed E-state index contributed by atoms with van der Waals surface area (Å²) in [5, 5.41) is 4.42. The zero-order valence-corrected chi connectivity index (χ0v) is 28.9. The first kappa shape index (κ1) is 30.4. The van der Waals surface area contributed by atoms with Gasteiger partial charge in [0.05, 0.1) is 5.69 Å². The molecule has 0 amide bonds. The van der Waals surface area contributed by atoms with Crippen LogP contribution < -0.4 is 4.90 Å². The molecule has 0 bridgehead atoms. The van der Waals surface area contributed by atoms with Crippen LogP contribution in [0, 0.1) is 5.82 Å². The third-order valence-corrected chi connectivity index (χ3v) is 10.9. The third-order valence-electron chi connectivity index (χ3n) is 10.9. The standard InChI is InChI=1S/C49H34FNO/c1-49(2)44-15-6-5-13-40(44)41-27-22-35(30-45(41)49)34-10-7-11-38(29-34)51(37-25-19-32(20-26-37)31-17-23-36(50)24-18-31)46-16-8-14-42-43-28-21-33-9-3-4-12-39(33)47(43)52-48(42)46/h3-30H,1-2H3. The van der Waals surface area contributed by atoms with Crippen LogP contribution >= 0.6 is 0 Å². The summed E-state index contributed by atoms with van der Waals surface area (Å²) in [5.41, 5.74) is 14.3. The highest BCUT2D eigenvalue weighted by Gasteiger charge is 2.35. The molecule has 1 aliphatic carbocycles. The highest BCUT2D eigenvalue weighted by Crippen LogP contribution is 2.50. The van der Waals surface area contributed by atoms with Gasteiger partial charge in [-0.2, -0.15) is 0 Å². The molecule has 0 saturated heterocycles. The fraction of sp³-hybridized carbons (Fsp3) is 0.0612. The molecule has 9 aromatic rings. The summed E-state index contributed by atoms with van der Waals surface area (Å²) in [6, 6.07) is 58.7. The molecule has 3 heteroatoms. The summed E-state index contributed by atoms with van der Waals surface area (Å²) < 4.78 is 20.6. The van der Waals surface area contributed by atoms with E-state index in [0.717, 1.165) is 66.5 Å². The minimum atomic E-state index is -0.241. The van der Waals surface area contributed by atoms with Crippen molar-refractivity contribution in [3.63, 3.8) is 0 Å². The molecule has 10 rings (SSSR count). The Kier molecular flexibility index (Phi) is 6.74. The second-order valence-corrected chi connectivity index (χ2v) is 14.3.